The third-order valence-corrected chi connectivity index (χ3v) is 5.07. The van der Waals surface area contributed by atoms with Gasteiger partial charge in [0.05, 0.1) is 20.8 Å². The van der Waals surface area contributed by atoms with Crippen molar-refractivity contribution in [3.63, 3.8) is 0 Å². The van der Waals surface area contributed by atoms with Crippen LogP contribution in [0.25, 0.3) is 0 Å². The Labute approximate surface area is 190 Å². The third-order valence-electron chi connectivity index (χ3n) is 5.07. The number of rotatable bonds is 13. The molecule has 0 saturated carbocycles. The van der Waals surface area contributed by atoms with Crippen LogP contribution in [0.1, 0.15) is 38.7 Å². The quantitative estimate of drug-likeness (QED) is 0.478. The summed E-state index contributed by atoms with van der Waals surface area (Å²) in [4.78, 5) is 27.2. The van der Waals surface area contributed by atoms with Crippen LogP contribution in [-0.2, 0) is 16.1 Å². The molecule has 7 heteroatoms. The van der Waals surface area contributed by atoms with Crippen LogP contribution in [0.2, 0.25) is 0 Å². The van der Waals surface area contributed by atoms with Crippen molar-refractivity contribution in [1.29, 1.82) is 0 Å². The molecule has 0 aliphatic rings. The largest absolute Gasteiger partial charge is 0.497 e. The van der Waals surface area contributed by atoms with E-state index in [1.807, 2.05) is 55.5 Å². The van der Waals surface area contributed by atoms with Crippen molar-refractivity contribution in [3.05, 3.63) is 54.1 Å². The third kappa shape index (κ3) is 7.80. The average Bonchev–Trinajstić information content (AvgIpc) is 2.83. The second-order valence-corrected chi connectivity index (χ2v) is 7.47. The molecular formula is C25H34N2O5. The molecule has 0 fully saturated rings. The summed E-state index contributed by atoms with van der Waals surface area (Å²) in [5.41, 5.74) is 0.905. The summed E-state index contributed by atoms with van der Waals surface area (Å²) in [6, 6.07) is 14.3. The van der Waals surface area contributed by atoms with E-state index in [0.717, 1.165) is 23.5 Å². The van der Waals surface area contributed by atoms with Crippen LogP contribution in [0.15, 0.2) is 48.5 Å². The van der Waals surface area contributed by atoms with Crippen LogP contribution in [0.3, 0.4) is 0 Å². The minimum Gasteiger partial charge on any atom is -0.497 e. The number of hydrogen-bond donors (Lipinski definition) is 1. The second-order valence-electron chi connectivity index (χ2n) is 7.47. The van der Waals surface area contributed by atoms with E-state index < -0.39 is 6.04 Å². The molecule has 2 amide bonds. The maximum atomic E-state index is 13.1. The summed E-state index contributed by atoms with van der Waals surface area (Å²) < 4.78 is 16.1. The molecule has 1 N–H and O–H groups in total. The molecule has 0 saturated heterocycles. The summed E-state index contributed by atoms with van der Waals surface area (Å²) in [7, 11) is 3.22. The lowest BCUT2D eigenvalue weighted by atomic mass is 10.1. The highest BCUT2D eigenvalue weighted by Gasteiger charge is 2.25. The van der Waals surface area contributed by atoms with Gasteiger partial charge in [-0.25, -0.2) is 0 Å². The van der Waals surface area contributed by atoms with Crippen LogP contribution in [-0.4, -0.2) is 50.1 Å². The molecule has 2 aromatic rings. The van der Waals surface area contributed by atoms with Crippen molar-refractivity contribution < 1.29 is 23.8 Å². The van der Waals surface area contributed by atoms with Crippen LogP contribution in [0.4, 0.5) is 0 Å². The van der Waals surface area contributed by atoms with E-state index in [1.54, 1.807) is 26.0 Å². The lowest BCUT2D eigenvalue weighted by Gasteiger charge is -2.29. The molecule has 2 aromatic carbocycles. The second kappa shape index (κ2) is 13.2. The highest BCUT2D eigenvalue weighted by atomic mass is 16.5. The van der Waals surface area contributed by atoms with E-state index in [9.17, 15) is 9.59 Å². The predicted octanol–water partition coefficient (Wildman–Crippen LogP) is 3.81. The Hall–Kier alpha value is -3.22. The summed E-state index contributed by atoms with van der Waals surface area (Å²) in [6.45, 7) is 5.07. The van der Waals surface area contributed by atoms with Crippen LogP contribution < -0.4 is 19.5 Å². The van der Waals surface area contributed by atoms with Gasteiger partial charge in [0.25, 0.3) is 0 Å². The molecule has 0 aromatic heterocycles. The molecule has 0 aliphatic carbocycles. The molecule has 0 spiro atoms. The van der Waals surface area contributed by atoms with Gasteiger partial charge in [-0.3, -0.25) is 9.59 Å². The maximum absolute atomic E-state index is 13.1. The number of nitrogens with one attached hydrogen (secondary N) is 1. The molecule has 32 heavy (non-hydrogen) atoms. The molecular weight excluding hydrogens is 408 g/mol. The molecule has 1 atom stereocenters. The smallest absolute Gasteiger partial charge is 0.242 e. The van der Waals surface area contributed by atoms with Gasteiger partial charge in [-0.1, -0.05) is 19.1 Å². The molecule has 0 heterocycles. The molecule has 0 radical (unpaired) electrons. The zero-order chi connectivity index (χ0) is 23.3. The van der Waals surface area contributed by atoms with Gasteiger partial charge in [-0.2, -0.15) is 0 Å². The van der Waals surface area contributed by atoms with Gasteiger partial charge in [-0.15, -0.1) is 0 Å². The first-order valence-corrected chi connectivity index (χ1v) is 11.0. The zero-order valence-electron chi connectivity index (χ0n) is 19.4. The van der Waals surface area contributed by atoms with Crippen LogP contribution in [0.5, 0.6) is 17.2 Å². The van der Waals surface area contributed by atoms with E-state index in [4.69, 9.17) is 14.2 Å². The number of carbonyl (C=O) groups excluding carboxylic acids is 2. The minimum absolute atomic E-state index is 0.0923. The highest BCUT2D eigenvalue weighted by molar-refractivity contribution is 5.87. The normalized spacial score (nSPS) is 11.4. The van der Waals surface area contributed by atoms with Gasteiger partial charge in [0.2, 0.25) is 11.8 Å². The van der Waals surface area contributed by atoms with Gasteiger partial charge in [0, 0.05) is 19.5 Å². The number of benzene rings is 2. The first-order valence-electron chi connectivity index (χ1n) is 11.0. The van der Waals surface area contributed by atoms with Gasteiger partial charge in [0.15, 0.2) is 0 Å². The fourth-order valence-corrected chi connectivity index (χ4v) is 3.18. The van der Waals surface area contributed by atoms with E-state index in [1.165, 1.54) is 0 Å². The fourth-order valence-electron chi connectivity index (χ4n) is 3.18. The van der Waals surface area contributed by atoms with Crippen molar-refractivity contribution in [3.8, 4) is 17.2 Å². The highest BCUT2D eigenvalue weighted by Crippen LogP contribution is 2.19. The number of hydrogen-bond acceptors (Lipinski definition) is 5. The van der Waals surface area contributed by atoms with Gasteiger partial charge >= 0.3 is 0 Å². The molecule has 174 valence electrons. The summed E-state index contributed by atoms with van der Waals surface area (Å²) in [5.74, 6) is 1.95. The molecule has 2 rings (SSSR count). The number of carbonyl (C=O) groups is 2. The van der Waals surface area contributed by atoms with Crippen molar-refractivity contribution >= 4 is 11.8 Å². The minimum atomic E-state index is -0.581. The van der Waals surface area contributed by atoms with Gasteiger partial charge in [-0.05, 0) is 61.7 Å². The van der Waals surface area contributed by atoms with E-state index in [-0.39, 0.29) is 18.2 Å². The van der Waals surface area contributed by atoms with Crippen molar-refractivity contribution in [2.75, 3.05) is 27.4 Å². The SMILES string of the molecule is CCCNC(=O)C(C)N(Cc1cccc(OC)c1)C(=O)CCCOc1ccc(OC)cc1. The lowest BCUT2D eigenvalue weighted by Crippen LogP contribution is -2.47. The lowest BCUT2D eigenvalue weighted by molar-refractivity contribution is -0.140. The number of nitrogens with zero attached hydrogens (tertiary/aromatic N) is 1. The van der Waals surface area contributed by atoms with Crippen molar-refractivity contribution in [1.82, 2.24) is 10.2 Å². The predicted molar refractivity (Wildman–Crippen MR) is 124 cm³/mol. The Balaban J connectivity index is 1.99. The Morgan fingerprint density at radius 3 is 2.34 bits per heavy atom. The monoisotopic (exact) mass is 442 g/mol. The summed E-state index contributed by atoms with van der Waals surface area (Å²) >= 11 is 0. The van der Waals surface area contributed by atoms with Crippen LogP contribution in [0, 0.1) is 0 Å². The maximum Gasteiger partial charge on any atom is 0.242 e. The molecule has 1 unspecified atom stereocenters. The van der Waals surface area contributed by atoms with E-state index in [0.29, 0.717) is 31.9 Å². The Morgan fingerprint density at radius 1 is 1.00 bits per heavy atom. The van der Waals surface area contributed by atoms with Crippen molar-refractivity contribution in [2.24, 2.45) is 0 Å². The molecule has 7 nitrogen and oxygen atoms in total. The summed E-state index contributed by atoms with van der Waals surface area (Å²) in [6.07, 6.45) is 1.67. The Kier molecular flexibility index (Phi) is 10.4. The van der Waals surface area contributed by atoms with Crippen LogP contribution >= 0.6 is 0 Å². The topological polar surface area (TPSA) is 77.1 Å². The van der Waals surface area contributed by atoms with E-state index >= 15 is 0 Å². The number of methoxy groups -OCH3 is 2. The summed E-state index contributed by atoms with van der Waals surface area (Å²) in [5, 5.41) is 2.88. The number of ether oxygens (including phenoxy) is 3. The van der Waals surface area contributed by atoms with Gasteiger partial charge in [0.1, 0.15) is 23.3 Å². The first-order chi connectivity index (χ1) is 15.5. The number of amides is 2. The fraction of sp³-hybridized carbons (Fsp3) is 0.440. The molecule has 0 aliphatic heterocycles. The first kappa shape index (κ1) is 25.0. The zero-order valence-corrected chi connectivity index (χ0v) is 19.4. The van der Waals surface area contributed by atoms with Gasteiger partial charge < -0.3 is 24.4 Å². The standard InChI is InChI=1S/C25H34N2O5/c1-5-15-26-25(29)19(2)27(18-20-8-6-9-23(17-20)31-4)24(28)10-7-16-32-22-13-11-21(30-3)12-14-22/h6,8-9,11-14,17,19H,5,7,10,15-16,18H2,1-4H3,(H,26,29). The van der Waals surface area contributed by atoms with Crippen molar-refractivity contribution in [2.45, 2.75) is 45.7 Å². The molecule has 0 bridgehead atoms. The van der Waals surface area contributed by atoms with E-state index in [2.05, 4.69) is 5.32 Å². The average molecular weight is 443 g/mol. The Bertz CT molecular complexity index is 854. The Morgan fingerprint density at radius 2 is 1.69 bits per heavy atom.